The van der Waals surface area contributed by atoms with Crippen molar-refractivity contribution in [3.63, 3.8) is 0 Å². The highest BCUT2D eigenvalue weighted by molar-refractivity contribution is 7.48. The quantitative estimate of drug-likeness (QED) is 0.154. The molecule has 1 fully saturated rings. The molecule has 1 aliphatic rings. The predicted molar refractivity (Wildman–Crippen MR) is 162 cm³/mol. The molecule has 3 aromatic carbocycles. The van der Waals surface area contributed by atoms with Gasteiger partial charge in [0.05, 0.1) is 33.0 Å². The van der Waals surface area contributed by atoms with Gasteiger partial charge in [0.1, 0.15) is 36.6 Å². The Hall–Kier alpha value is -2.95. The zero-order valence-corrected chi connectivity index (χ0v) is 24.8. The van der Waals surface area contributed by atoms with Gasteiger partial charge in [-0.3, -0.25) is 13.6 Å². The fourth-order valence-electron chi connectivity index (χ4n) is 4.68. The number of hydrogen-bond acceptors (Lipinski definition) is 9. The molecule has 43 heavy (non-hydrogen) atoms. The maximum atomic E-state index is 14.1. The number of ether oxygens (including phenoxy) is 3. The van der Waals surface area contributed by atoms with Crippen molar-refractivity contribution in [3.8, 4) is 0 Å². The molecule has 0 bridgehead atoms. The molecule has 0 radical (unpaired) electrons. The average molecular weight is 611 g/mol. The molecule has 1 aliphatic carbocycles. The third kappa shape index (κ3) is 9.52. The van der Waals surface area contributed by atoms with Crippen LogP contribution in [0.15, 0.2) is 116 Å². The van der Waals surface area contributed by atoms with E-state index < -0.39 is 44.4 Å². The maximum absolute atomic E-state index is 14.1. The largest absolute Gasteiger partial charge is 0.475 e. The van der Waals surface area contributed by atoms with Crippen molar-refractivity contribution in [1.29, 1.82) is 0 Å². The molecular formula is C33H39O9P. The van der Waals surface area contributed by atoms with Crippen LogP contribution in [0.1, 0.15) is 16.7 Å². The van der Waals surface area contributed by atoms with Crippen molar-refractivity contribution < 1.29 is 42.6 Å². The molecule has 4 rings (SSSR count). The van der Waals surface area contributed by atoms with Gasteiger partial charge in [0.25, 0.3) is 0 Å². The first-order valence-corrected chi connectivity index (χ1v) is 15.5. The molecule has 230 valence electrons. The average Bonchev–Trinajstić information content (AvgIpc) is 3.05. The SMILES string of the molecule is C=CCO[C@@H]1C(OCc2ccccc2)[C@H](OCC=C)[C@@H](O)C(OP(=O)(OCc2ccccc2)OCc2ccccc2)[C@@H]1O. The molecule has 6 atom stereocenters. The zero-order chi connectivity index (χ0) is 30.5. The van der Waals surface area contributed by atoms with Gasteiger partial charge in [0.2, 0.25) is 0 Å². The third-order valence-corrected chi connectivity index (χ3v) is 8.20. The lowest BCUT2D eigenvalue weighted by Crippen LogP contribution is -2.66. The fraction of sp³-hybridized carbons (Fsp3) is 0.333. The van der Waals surface area contributed by atoms with Gasteiger partial charge < -0.3 is 24.4 Å². The second kappa shape index (κ2) is 16.8. The van der Waals surface area contributed by atoms with Crippen molar-refractivity contribution in [1.82, 2.24) is 0 Å². The Morgan fingerprint density at radius 2 is 0.977 bits per heavy atom. The van der Waals surface area contributed by atoms with Crippen molar-refractivity contribution in [2.24, 2.45) is 0 Å². The molecule has 2 unspecified atom stereocenters. The van der Waals surface area contributed by atoms with E-state index in [2.05, 4.69) is 13.2 Å². The molecule has 0 saturated heterocycles. The lowest BCUT2D eigenvalue weighted by Gasteiger charge is -2.46. The van der Waals surface area contributed by atoms with E-state index in [0.717, 1.165) is 16.7 Å². The number of hydrogen-bond donors (Lipinski definition) is 2. The summed E-state index contributed by atoms with van der Waals surface area (Å²) >= 11 is 0. The Morgan fingerprint density at radius 3 is 1.37 bits per heavy atom. The minimum atomic E-state index is -4.39. The van der Waals surface area contributed by atoms with Crippen LogP contribution < -0.4 is 0 Å². The van der Waals surface area contributed by atoms with E-state index >= 15 is 0 Å². The number of phosphoric ester groups is 1. The predicted octanol–water partition coefficient (Wildman–Crippen LogP) is 5.38. The monoisotopic (exact) mass is 610 g/mol. The Balaban J connectivity index is 1.60. The molecule has 9 nitrogen and oxygen atoms in total. The van der Waals surface area contributed by atoms with E-state index in [1.54, 1.807) is 24.3 Å². The van der Waals surface area contributed by atoms with E-state index in [1.807, 2.05) is 66.7 Å². The summed E-state index contributed by atoms with van der Waals surface area (Å²) in [4.78, 5) is 0. The van der Waals surface area contributed by atoms with E-state index in [0.29, 0.717) is 0 Å². The van der Waals surface area contributed by atoms with Crippen LogP contribution in [0.4, 0.5) is 0 Å². The topological polar surface area (TPSA) is 113 Å². The Morgan fingerprint density at radius 1 is 0.581 bits per heavy atom. The number of rotatable bonds is 17. The maximum Gasteiger partial charge on any atom is 0.475 e. The summed E-state index contributed by atoms with van der Waals surface area (Å²) in [5, 5.41) is 23.1. The van der Waals surface area contributed by atoms with Crippen LogP contribution in [0.5, 0.6) is 0 Å². The standard InChI is InChI=1S/C33H39O9P/c1-3-20-37-31-28(34)30(29(35)32(38-21-4-2)33(31)39-22-25-14-8-5-9-15-25)42-43(36,40-23-26-16-10-6-11-17-26)41-24-27-18-12-7-13-19-27/h3-19,28-35H,1-2,20-24H2/t28-,29-,30?,31-,32+,33?/m0/s1. The molecule has 0 aliphatic heterocycles. The van der Waals surface area contributed by atoms with Gasteiger partial charge in [0.15, 0.2) is 0 Å². The second-order valence-corrected chi connectivity index (χ2v) is 11.6. The highest BCUT2D eigenvalue weighted by Gasteiger charge is 2.55. The van der Waals surface area contributed by atoms with Gasteiger partial charge in [-0.25, -0.2) is 4.57 Å². The second-order valence-electron chi connectivity index (χ2n) is 9.95. The normalized spacial score (nSPS) is 24.0. The molecular weight excluding hydrogens is 571 g/mol. The van der Waals surface area contributed by atoms with Crippen LogP contribution in [0, 0.1) is 0 Å². The number of aliphatic hydroxyl groups excluding tert-OH is 2. The summed E-state index contributed by atoms with van der Waals surface area (Å²) in [6, 6.07) is 27.7. The van der Waals surface area contributed by atoms with E-state index in [9.17, 15) is 14.8 Å². The summed E-state index contributed by atoms with van der Waals surface area (Å²) in [6.45, 7) is 7.50. The van der Waals surface area contributed by atoms with Gasteiger partial charge >= 0.3 is 7.82 Å². The van der Waals surface area contributed by atoms with Gasteiger partial charge in [-0.15, -0.1) is 13.2 Å². The highest BCUT2D eigenvalue weighted by Crippen LogP contribution is 2.54. The van der Waals surface area contributed by atoms with Gasteiger partial charge in [-0.1, -0.05) is 103 Å². The summed E-state index contributed by atoms with van der Waals surface area (Å²) in [6.07, 6.45) is -4.49. The molecule has 0 heterocycles. The Kier molecular flexibility index (Phi) is 12.9. The number of benzene rings is 3. The van der Waals surface area contributed by atoms with Crippen LogP contribution in [0.3, 0.4) is 0 Å². The summed E-state index contributed by atoms with van der Waals surface area (Å²) in [5.41, 5.74) is 2.34. The van der Waals surface area contributed by atoms with Crippen molar-refractivity contribution in [3.05, 3.63) is 133 Å². The van der Waals surface area contributed by atoms with Crippen LogP contribution in [-0.2, 0) is 52.2 Å². The number of phosphoric acid groups is 1. The number of aliphatic hydroxyl groups is 2. The van der Waals surface area contributed by atoms with Gasteiger partial charge in [-0.05, 0) is 16.7 Å². The first-order valence-electron chi connectivity index (χ1n) is 14.1. The smallest absolute Gasteiger partial charge is 0.387 e. The molecule has 0 amide bonds. The molecule has 0 spiro atoms. The molecule has 1 saturated carbocycles. The van der Waals surface area contributed by atoms with E-state index in [-0.39, 0.29) is 33.0 Å². The minimum absolute atomic E-state index is 0.0661. The lowest BCUT2D eigenvalue weighted by molar-refractivity contribution is -0.253. The highest BCUT2D eigenvalue weighted by atomic mass is 31.2. The van der Waals surface area contributed by atoms with Crippen molar-refractivity contribution in [2.75, 3.05) is 13.2 Å². The van der Waals surface area contributed by atoms with Crippen LogP contribution in [0.2, 0.25) is 0 Å². The van der Waals surface area contributed by atoms with E-state index in [1.165, 1.54) is 12.2 Å². The minimum Gasteiger partial charge on any atom is -0.387 e. The molecule has 3 aromatic rings. The van der Waals surface area contributed by atoms with Crippen LogP contribution in [0.25, 0.3) is 0 Å². The van der Waals surface area contributed by atoms with Crippen LogP contribution >= 0.6 is 7.82 Å². The Labute approximate surface area is 252 Å². The van der Waals surface area contributed by atoms with Gasteiger partial charge in [-0.2, -0.15) is 0 Å². The molecule has 0 aromatic heterocycles. The molecule has 2 N–H and O–H groups in total. The lowest BCUT2D eigenvalue weighted by atomic mass is 9.84. The third-order valence-electron chi connectivity index (χ3n) is 6.81. The summed E-state index contributed by atoms with van der Waals surface area (Å²) < 4.78 is 49.6. The Bertz CT molecular complexity index is 1220. The molecule has 10 heteroatoms. The van der Waals surface area contributed by atoms with Crippen molar-refractivity contribution >= 4 is 7.82 Å². The van der Waals surface area contributed by atoms with E-state index in [4.69, 9.17) is 27.8 Å². The fourth-order valence-corrected chi connectivity index (χ4v) is 6.04. The first kappa shape index (κ1) is 33.0. The summed E-state index contributed by atoms with van der Waals surface area (Å²) in [5.74, 6) is 0. The van der Waals surface area contributed by atoms with Crippen molar-refractivity contribution in [2.45, 2.75) is 56.4 Å². The summed E-state index contributed by atoms with van der Waals surface area (Å²) in [7, 11) is -4.39. The first-order chi connectivity index (χ1) is 20.9. The zero-order valence-electron chi connectivity index (χ0n) is 23.9. The van der Waals surface area contributed by atoms with Gasteiger partial charge in [0, 0.05) is 0 Å². The van der Waals surface area contributed by atoms with Crippen LogP contribution in [-0.4, -0.2) is 60.1 Å².